The van der Waals surface area contributed by atoms with Gasteiger partial charge in [0.1, 0.15) is 0 Å². The van der Waals surface area contributed by atoms with Gasteiger partial charge in [-0.05, 0) is 29.8 Å². The van der Waals surface area contributed by atoms with Gasteiger partial charge in [0.25, 0.3) is 0 Å². The maximum atomic E-state index is 6.28. The van der Waals surface area contributed by atoms with Gasteiger partial charge < -0.3 is 11.5 Å². The predicted octanol–water partition coefficient (Wildman–Crippen LogP) is 2.51. The summed E-state index contributed by atoms with van der Waals surface area (Å²) in [5, 5.41) is 1.27. The Morgan fingerprint density at radius 3 is 2.38 bits per heavy atom. The van der Waals surface area contributed by atoms with Crippen LogP contribution in [-0.2, 0) is 5.54 Å². The molecule has 0 spiro atoms. The van der Waals surface area contributed by atoms with E-state index in [1.807, 2.05) is 12.1 Å². The monoisotopic (exact) mass is 254 g/mol. The Balaban J connectivity index is 2.45. The first kappa shape index (κ1) is 11.7. The lowest BCUT2D eigenvalue weighted by atomic mass is 9.81. The normalized spacial score (nSPS) is 29.0. The molecule has 16 heavy (non-hydrogen) atoms. The summed E-state index contributed by atoms with van der Waals surface area (Å²) in [4.78, 5) is 0. The molecule has 0 aromatic heterocycles. The lowest BCUT2D eigenvalue weighted by Gasteiger charge is -2.33. The molecule has 1 aromatic carbocycles. The van der Waals surface area contributed by atoms with Crippen LogP contribution in [-0.4, -0.2) is 6.04 Å². The molecule has 2 unspecified atom stereocenters. The van der Waals surface area contributed by atoms with Gasteiger partial charge in [-0.3, -0.25) is 0 Å². The largest absolute Gasteiger partial charge is 0.322 e. The van der Waals surface area contributed by atoms with Gasteiger partial charge in [-0.2, -0.15) is 0 Å². The Morgan fingerprint density at radius 1 is 1.12 bits per heavy atom. The van der Waals surface area contributed by atoms with Gasteiger partial charge in [0.15, 0.2) is 0 Å². The minimum Gasteiger partial charge on any atom is -0.322 e. The highest BCUT2D eigenvalue weighted by Crippen LogP contribution is 2.30. The molecule has 0 saturated carbocycles. The average Bonchev–Trinajstić information content (AvgIpc) is 2.25. The third kappa shape index (κ3) is 2.02. The molecular formula is C12H12Cl2N2. The maximum Gasteiger partial charge on any atom is 0.0802 e. The van der Waals surface area contributed by atoms with E-state index in [2.05, 4.69) is 0 Å². The van der Waals surface area contributed by atoms with E-state index in [-0.39, 0.29) is 6.04 Å². The number of halogens is 2. The van der Waals surface area contributed by atoms with Gasteiger partial charge in [0.2, 0.25) is 0 Å². The molecule has 4 heteroatoms. The molecule has 0 aliphatic heterocycles. The van der Waals surface area contributed by atoms with Gasteiger partial charge in [-0.15, -0.1) is 0 Å². The van der Waals surface area contributed by atoms with Crippen LogP contribution in [0.4, 0.5) is 0 Å². The maximum absolute atomic E-state index is 6.28. The molecule has 0 saturated heterocycles. The summed E-state index contributed by atoms with van der Waals surface area (Å²) < 4.78 is 0. The minimum absolute atomic E-state index is 0.295. The summed E-state index contributed by atoms with van der Waals surface area (Å²) in [6.07, 6.45) is 5.33. The van der Waals surface area contributed by atoms with E-state index in [4.69, 9.17) is 34.7 Å². The first-order chi connectivity index (χ1) is 7.52. The highest BCUT2D eigenvalue weighted by atomic mass is 35.5. The molecule has 2 nitrogen and oxygen atoms in total. The standard InChI is InChI=1S/C12H12Cl2N2/c13-9-3-1-8(2-4-9)12(16)7-10(14)5-6-11(12)15/h1-7,11H,15-16H2. The molecule has 1 aliphatic carbocycles. The van der Waals surface area contributed by atoms with Gasteiger partial charge >= 0.3 is 0 Å². The second-order valence-electron chi connectivity index (χ2n) is 3.85. The topological polar surface area (TPSA) is 52.0 Å². The smallest absolute Gasteiger partial charge is 0.0802 e. The quantitative estimate of drug-likeness (QED) is 0.810. The number of benzene rings is 1. The Morgan fingerprint density at radius 2 is 1.75 bits per heavy atom. The molecule has 1 aromatic rings. The van der Waals surface area contributed by atoms with Crippen molar-refractivity contribution in [2.45, 2.75) is 11.6 Å². The van der Waals surface area contributed by atoms with E-state index in [0.717, 1.165) is 5.56 Å². The van der Waals surface area contributed by atoms with Crippen LogP contribution in [0, 0.1) is 0 Å². The van der Waals surface area contributed by atoms with Crippen molar-refractivity contribution in [2.75, 3.05) is 0 Å². The zero-order valence-electron chi connectivity index (χ0n) is 8.53. The van der Waals surface area contributed by atoms with E-state index in [0.29, 0.717) is 10.1 Å². The fourth-order valence-corrected chi connectivity index (χ4v) is 2.12. The van der Waals surface area contributed by atoms with Crippen molar-refractivity contribution in [3.05, 3.63) is 58.1 Å². The summed E-state index contributed by atoms with van der Waals surface area (Å²) in [6.45, 7) is 0. The lowest BCUT2D eigenvalue weighted by Crippen LogP contribution is -2.51. The van der Waals surface area contributed by atoms with Crippen LogP contribution in [0.25, 0.3) is 0 Å². The predicted molar refractivity (Wildman–Crippen MR) is 68.4 cm³/mol. The first-order valence-electron chi connectivity index (χ1n) is 4.89. The SMILES string of the molecule is NC1C=CC(Cl)=CC1(N)c1ccc(Cl)cc1. The van der Waals surface area contributed by atoms with Gasteiger partial charge in [0.05, 0.1) is 5.54 Å². The van der Waals surface area contributed by atoms with E-state index >= 15 is 0 Å². The van der Waals surface area contributed by atoms with Crippen LogP contribution in [0.3, 0.4) is 0 Å². The summed E-state index contributed by atoms with van der Waals surface area (Å²) in [7, 11) is 0. The number of nitrogens with two attached hydrogens (primary N) is 2. The number of rotatable bonds is 1. The molecule has 0 radical (unpaired) electrons. The highest BCUT2D eigenvalue weighted by Gasteiger charge is 2.33. The van der Waals surface area contributed by atoms with E-state index < -0.39 is 5.54 Å². The molecule has 84 valence electrons. The lowest BCUT2D eigenvalue weighted by molar-refractivity contribution is 0.491. The van der Waals surface area contributed by atoms with Crippen molar-refractivity contribution in [2.24, 2.45) is 11.5 Å². The summed E-state index contributed by atoms with van der Waals surface area (Å²) in [5.41, 5.74) is 12.4. The van der Waals surface area contributed by atoms with Crippen molar-refractivity contribution < 1.29 is 0 Å². The Hall–Kier alpha value is -0.800. The average molecular weight is 255 g/mol. The van der Waals surface area contributed by atoms with Crippen molar-refractivity contribution >= 4 is 23.2 Å². The van der Waals surface area contributed by atoms with Crippen LogP contribution in [0.5, 0.6) is 0 Å². The van der Waals surface area contributed by atoms with Gasteiger partial charge in [-0.1, -0.05) is 41.4 Å². The van der Waals surface area contributed by atoms with Crippen molar-refractivity contribution in [3.63, 3.8) is 0 Å². The van der Waals surface area contributed by atoms with Crippen LogP contribution >= 0.6 is 23.2 Å². The third-order valence-electron chi connectivity index (χ3n) is 2.74. The molecule has 2 atom stereocenters. The van der Waals surface area contributed by atoms with E-state index in [9.17, 15) is 0 Å². The van der Waals surface area contributed by atoms with E-state index in [1.165, 1.54) is 0 Å². The molecule has 0 heterocycles. The van der Waals surface area contributed by atoms with Gasteiger partial charge in [0, 0.05) is 16.1 Å². The summed E-state index contributed by atoms with van der Waals surface area (Å²) in [5.74, 6) is 0. The number of hydrogen-bond acceptors (Lipinski definition) is 2. The molecule has 0 fully saturated rings. The Kier molecular flexibility index (Phi) is 3.08. The Bertz CT molecular complexity index is 451. The second-order valence-corrected chi connectivity index (χ2v) is 4.73. The second kappa shape index (κ2) is 4.22. The van der Waals surface area contributed by atoms with E-state index in [1.54, 1.807) is 30.4 Å². The molecule has 2 rings (SSSR count). The fourth-order valence-electron chi connectivity index (χ4n) is 1.74. The fraction of sp³-hybridized carbons (Fsp3) is 0.167. The number of hydrogen-bond donors (Lipinski definition) is 2. The zero-order valence-corrected chi connectivity index (χ0v) is 10.0. The minimum atomic E-state index is -0.767. The zero-order chi connectivity index (χ0) is 11.8. The molecular weight excluding hydrogens is 243 g/mol. The highest BCUT2D eigenvalue weighted by molar-refractivity contribution is 6.31. The van der Waals surface area contributed by atoms with Crippen molar-refractivity contribution in [1.29, 1.82) is 0 Å². The molecule has 1 aliphatic rings. The Labute approximate surface area is 105 Å². The first-order valence-corrected chi connectivity index (χ1v) is 5.65. The van der Waals surface area contributed by atoms with Crippen LogP contribution < -0.4 is 11.5 Å². The third-order valence-corrected chi connectivity index (χ3v) is 3.22. The molecule has 0 amide bonds. The van der Waals surface area contributed by atoms with Crippen molar-refractivity contribution in [3.8, 4) is 0 Å². The molecule has 0 bridgehead atoms. The van der Waals surface area contributed by atoms with Crippen molar-refractivity contribution in [1.82, 2.24) is 0 Å². The van der Waals surface area contributed by atoms with Crippen LogP contribution in [0.15, 0.2) is 47.5 Å². The van der Waals surface area contributed by atoms with Crippen LogP contribution in [0.1, 0.15) is 5.56 Å². The van der Waals surface area contributed by atoms with Crippen LogP contribution in [0.2, 0.25) is 5.02 Å². The number of allylic oxidation sites excluding steroid dienone is 2. The van der Waals surface area contributed by atoms with Gasteiger partial charge in [-0.25, -0.2) is 0 Å². The molecule has 4 N–H and O–H groups in total. The summed E-state index contributed by atoms with van der Waals surface area (Å²) in [6, 6.07) is 7.01. The summed E-state index contributed by atoms with van der Waals surface area (Å²) >= 11 is 11.8.